The minimum absolute atomic E-state index is 0.173. The largest absolute Gasteiger partial charge is 0.466 e. The molecule has 2 rings (SSSR count). The molecule has 0 heterocycles. The van der Waals surface area contributed by atoms with Crippen molar-refractivity contribution in [1.82, 2.24) is 0 Å². The van der Waals surface area contributed by atoms with Crippen molar-refractivity contribution >= 4 is 34.5 Å². The summed E-state index contributed by atoms with van der Waals surface area (Å²) < 4.78 is 56.8. The second kappa shape index (κ2) is 8.81. The Kier molecular flexibility index (Phi) is 7.13. The third-order valence-corrected chi connectivity index (χ3v) is 6.02. The molecule has 5 nitrogen and oxygen atoms in total. The van der Waals surface area contributed by atoms with Gasteiger partial charge in [0.1, 0.15) is 12.4 Å². The normalized spacial score (nSPS) is 20.3. The van der Waals surface area contributed by atoms with Crippen LogP contribution in [0.5, 0.6) is 0 Å². The summed E-state index contributed by atoms with van der Waals surface area (Å²) in [6.07, 6.45) is 2.78. The lowest BCUT2D eigenvalue weighted by Crippen LogP contribution is -2.14. The van der Waals surface area contributed by atoms with Crippen molar-refractivity contribution in [3.05, 3.63) is 44.3 Å². The molecule has 0 bridgehead atoms. The molecule has 1 aromatic rings. The summed E-state index contributed by atoms with van der Waals surface area (Å²) in [5.74, 6) is -5.59. The van der Waals surface area contributed by atoms with Crippen LogP contribution in [0.3, 0.4) is 0 Å². The number of rotatable bonds is 7. The van der Waals surface area contributed by atoms with Gasteiger partial charge in [-0.15, -0.1) is 0 Å². The molecule has 1 aliphatic rings. The van der Waals surface area contributed by atoms with E-state index in [0.29, 0.717) is 0 Å². The van der Waals surface area contributed by atoms with E-state index in [-0.39, 0.29) is 15.1 Å². The number of hydrogen-bond acceptors (Lipinski definition) is 5. The van der Waals surface area contributed by atoms with Crippen LogP contribution in [0.25, 0.3) is 0 Å². The fourth-order valence-electron chi connectivity index (χ4n) is 3.09. The van der Waals surface area contributed by atoms with Crippen LogP contribution in [-0.4, -0.2) is 26.2 Å². The minimum atomic E-state index is -1.36. The molecule has 0 aliphatic heterocycles. The summed E-state index contributed by atoms with van der Waals surface area (Å²) in [4.78, 5) is 23.6. The van der Waals surface area contributed by atoms with Gasteiger partial charge < -0.3 is 14.2 Å². The van der Waals surface area contributed by atoms with Crippen molar-refractivity contribution in [2.75, 3.05) is 14.2 Å². The maximum absolute atomic E-state index is 14.3. The Morgan fingerprint density at radius 2 is 1.68 bits per heavy atom. The van der Waals surface area contributed by atoms with Crippen LogP contribution in [0.4, 0.5) is 13.2 Å². The van der Waals surface area contributed by atoms with Crippen LogP contribution in [-0.2, 0) is 37.0 Å². The maximum atomic E-state index is 14.3. The van der Waals surface area contributed by atoms with E-state index < -0.39 is 59.5 Å². The van der Waals surface area contributed by atoms with Gasteiger partial charge in [-0.05, 0) is 33.9 Å². The Hall–Kier alpha value is -1.62. The summed E-state index contributed by atoms with van der Waals surface area (Å²) in [6, 6.07) is 0. The van der Waals surface area contributed by atoms with Crippen molar-refractivity contribution in [1.29, 1.82) is 0 Å². The first-order valence-corrected chi connectivity index (χ1v) is 9.41. The molecule has 28 heavy (non-hydrogen) atoms. The second-order valence-corrected chi connectivity index (χ2v) is 8.04. The number of halogens is 4. The maximum Gasteiger partial charge on any atom is 0.330 e. The fourth-order valence-corrected chi connectivity index (χ4v) is 3.81. The molecular weight excluding hydrogens is 492 g/mol. The minimum Gasteiger partial charge on any atom is -0.466 e. The first kappa shape index (κ1) is 22.7. The molecule has 0 N–H and O–H groups in total. The number of hydrogen-bond donors (Lipinski definition) is 0. The van der Waals surface area contributed by atoms with E-state index in [0.717, 1.165) is 0 Å². The zero-order chi connectivity index (χ0) is 21.2. The standard InChI is InChI=1S/C19H20F3IO5/c1-19(2)11(5-6-12(24)27-4)13(19)18(25)28-8-10-15(21)14(20)9(7-26-3)16(22)17(10)23/h5-6,11,13H,7-8H2,1-4H3/b6-5-/t11-,13-/m0/s1. The van der Waals surface area contributed by atoms with Crippen LogP contribution in [0.15, 0.2) is 12.2 Å². The molecule has 0 spiro atoms. The molecule has 1 fully saturated rings. The quantitative estimate of drug-likeness (QED) is 0.240. The van der Waals surface area contributed by atoms with E-state index in [9.17, 15) is 22.8 Å². The highest BCUT2D eigenvalue weighted by Gasteiger charge is 2.61. The zero-order valence-electron chi connectivity index (χ0n) is 15.8. The van der Waals surface area contributed by atoms with Gasteiger partial charge in [-0.25, -0.2) is 18.0 Å². The first-order chi connectivity index (χ1) is 13.1. The van der Waals surface area contributed by atoms with Gasteiger partial charge in [-0.1, -0.05) is 19.9 Å². The van der Waals surface area contributed by atoms with Crippen LogP contribution in [0.1, 0.15) is 25.0 Å². The molecule has 0 aromatic heterocycles. The fraction of sp³-hybridized carbons (Fsp3) is 0.474. The van der Waals surface area contributed by atoms with Gasteiger partial charge in [-0.3, -0.25) is 4.79 Å². The Balaban J connectivity index is 2.13. The van der Waals surface area contributed by atoms with Gasteiger partial charge in [-0.2, -0.15) is 0 Å². The van der Waals surface area contributed by atoms with E-state index in [1.807, 2.05) is 13.8 Å². The Morgan fingerprint density at radius 3 is 2.25 bits per heavy atom. The predicted molar refractivity (Wildman–Crippen MR) is 101 cm³/mol. The van der Waals surface area contributed by atoms with E-state index in [1.165, 1.54) is 42.9 Å². The molecular formula is C19H20F3IO5. The third-order valence-electron chi connectivity index (χ3n) is 4.90. The monoisotopic (exact) mass is 512 g/mol. The average Bonchev–Trinajstić information content (AvgIpc) is 3.21. The van der Waals surface area contributed by atoms with Gasteiger partial charge in [0.25, 0.3) is 0 Å². The first-order valence-electron chi connectivity index (χ1n) is 8.33. The third kappa shape index (κ3) is 4.35. The van der Waals surface area contributed by atoms with E-state index in [1.54, 1.807) is 6.08 Å². The molecule has 0 unspecified atom stereocenters. The smallest absolute Gasteiger partial charge is 0.330 e. The molecule has 0 radical (unpaired) electrons. The van der Waals surface area contributed by atoms with Gasteiger partial charge in [0.15, 0.2) is 11.6 Å². The number of carbonyl (C=O) groups excluding carboxylic acids is 2. The number of methoxy groups -OCH3 is 2. The average molecular weight is 512 g/mol. The molecule has 154 valence electrons. The highest BCUT2D eigenvalue weighted by atomic mass is 127. The summed E-state index contributed by atoms with van der Waals surface area (Å²) in [7, 11) is 2.48. The summed E-state index contributed by atoms with van der Waals surface area (Å²) in [6.45, 7) is 2.60. The summed E-state index contributed by atoms with van der Waals surface area (Å²) in [5.41, 5.74) is -1.36. The molecule has 1 saturated carbocycles. The van der Waals surface area contributed by atoms with Gasteiger partial charge >= 0.3 is 11.9 Å². The van der Waals surface area contributed by atoms with E-state index in [4.69, 9.17) is 4.74 Å². The highest BCUT2D eigenvalue weighted by Crippen LogP contribution is 2.59. The molecule has 9 heteroatoms. The second-order valence-electron chi connectivity index (χ2n) is 6.96. The Bertz CT molecular complexity index is 793. The summed E-state index contributed by atoms with van der Waals surface area (Å²) in [5, 5.41) is 0. The molecule has 0 amide bonds. The van der Waals surface area contributed by atoms with E-state index >= 15 is 0 Å². The lowest BCUT2D eigenvalue weighted by Gasteiger charge is -2.13. The van der Waals surface area contributed by atoms with Crippen molar-refractivity contribution < 1.29 is 37.0 Å². The van der Waals surface area contributed by atoms with E-state index in [2.05, 4.69) is 9.47 Å². The van der Waals surface area contributed by atoms with Crippen molar-refractivity contribution in [2.24, 2.45) is 17.3 Å². The lowest BCUT2D eigenvalue weighted by molar-refractivity contribution is -0.147. The van der Waals surface area contributed by atoms with Crippen molar-refractivity contribution in [3.8, 4) is 0 Å². The highest BCUT2D eigenvalue weighted by molar-refractivity contribution is 14.1. The van der Waals surface area contributed by atoms with Crippen LogP contribution >= 0.6 is 22.6 Å². The molecule has 2 atom stereocenters. The molecule has 1 aromatic carbocycles. The zero-order valence-corrected chi connectivity index (χ0v) is 17.9. The Labute approximate surface area is 174 Å². The van der Waals surface area contributed by atoms with Gasteiger partial charge in [0.2, 0.25) is 0 Å². The topological polar surface area (TPSA) is 61.8 Å². The Morgan fingerprint density at radius 1 is 1.07 bits per heavy atom. The van der Waals surface area contributed by atoms with Crippen LogP contribution in [0.2, 0.25) is 0 Å². The van der Waals surface area contributed by atoms with Crippen LogP contribution in [0, 0.1) is 38.3 Å². The van der Waals surface area contributed by atoms with Gasteiger partial charge in [0.05, 0.1) is 28.8 Å². The number of benzene rings is 1. The number of carbonyl (C=O) groups is 2. The molecule has 1 aliphatic carbocycles. The predicted octanol–water partition coefficient (Wildman–Crippen LogP) is 3.90. The number of allylic oxidation sites excluding steroid dienone is 1. The lowest BCUT2D eigenvalue weighted by atomic mass is 10.1. The molecule has 0 saturated heterocycles. The van der Waals surface area contributed by atoms with Crippen molar-refractivity contribution in [2.45, 2.75) is 27.1 Å². The SMILES string of the molecule is COCc1c(F)c(F)c(COC(=O)[C@@H]2[C@H](/C=C\C(=O)OC)C2(C)C)c(I)c1F. The van der Waals surface area contributed by atoms with Gasteiger partial charge in [0, 0.05) is 18.7 Å². The number of ether oxygens (including phenoxy) is 3. The van der Waals surface area contributed by atoms with Crippen LogP contribution < -0.4 is 0 Å². The summed E-state index contributed by atoms with van der Waals surface area (Å²) >= 11 is 1.54. The number of esters is 2. The van der Waals surface area contributed by atoms with Crippen molar-refractivity contribution in [3.63, 3.8) is 0 Å².